The van der Waals surface area contributed by atoms with Gasteiger partial charge in [0.25, 0.3) is 0 Å². The molecule has 13 heavy (non-hydrogen) atoms. The fraction of sp³-hybridized carbons (Fsp3) is 0.875. The van der Waals surface area contributed by atoms with Crippen LogP contribution in [0.5, 0.6) is 0 Å². The molecule has 0 aromatic carbocycles. The molecule has 0 saturated carbocycles. The molecule has 1 unspecified atom stereocenters. The van der Waals surface area contributed by atoms with Crippen molar-refractivity contribution in [2.24, 2.45) is 16.6 Å². The number of guanidine groups is 1. The van der Waals surface area contributed by atoms with Crippen molar-refractivity contribution >= 4 is 5.96 Å². The Morgan fingerprint density at radius 2 is 2.08 bits per heavy atom. The third kappa shape index (κ3) is 5.43. The molecule has 0 fully saturated rings. The Morgan fingerprint density at radius 1 is 1.54 bits per heavy atom. The van der Waals surface area contributed by atoms with E-state index in [1.165, 1.54) is 0 Å². The number of aliphatic imine (C=N–C) groups is 1. The van der Waals surface area contributed by atoms with Crippen molar-refractivity contribution in [2.45, 2.75) is 19.9 Å². The van der Waals surface area contributed by atoms with E-state index in [0.717, 1.165) is 6.54 Å². The van der Waals surface area contributed by atoms with E-state index in [4.69, 9.17) is 10.9 Å². The monoisotopic (exact) mass is 188 g/mol. The Bertz CT molecular complexity index is 168. The molecule has 0 aromatic rings. The van der Waals surface area contributed by atoms with Gasteiger partial charge in [-0.2, -0.15) is 0 Å². The Labute approximate surface area is 79.6 Å². The van der Waals surface area contributed by atoms with Crippen LogP contribution in [-0.2, 0) is 0 Å². The first kappa shape index (κ1) is 12.2. The summed E-state index contributed by atoms with van der Waals surface area (Å²) in [6.07, 6.45) is 0. The van der Waals surface area contributed by atoms with E-state index >= 15 is 0 Å². The van der Waals surface area contributed by atoms with Crippen molar-refractivity contribution in [1.29, 1.82) is 0 Å². The predicted molar refractivity (Wildman–Crippen MR) is 53.7 cm³/mol. The second kappa shape index (κ2) is 5.77. The second-order valence-corrected chi connectivity index (χ2v) is 3.70. The van der Waals surface area contributed by atoms with Crippen LogP contribution in [0.4, 0.5) is 0 Å². The summed E-state index contributed by atoms with van der Waals surface area (Å²) in [5, 5.41) is 8.48. The average molecular weight is 188 g/mol. The fourth-order valence-corrected chi connectivity index (χ4v) is 0.982. The van der Waals surface area contributed by atoms with E-state index < -0.39 is 0 Å². The van der Waals surface area contributed by atoms with Gasteiger partial charge in [0.05, 0.1) is 6.04 Å². The van der Waals surface area contributed by atoms with Crippen LogP contribution in [0.1, 0.15) is 13.8 Å². The highest BCUT2D eigenvalue weighted by atomic mass is 16.5. The molecular weight excluding hydrogens is 168 g/mol. The number of nitrogens with zero attached hydrogens (tertiary/aromatic N) is 2. The predicted octanol–water partition coefficient (Wildman–Crippen LogP) is -0.134. The molecule has 4 N–H and O–H groups in total. The maximum Gasteiger partial charge on any atom is 0.213 e. The summed E-state index contributed by atoms with van der Waals surface area (Å²) in [6, 6.07) is 0.106. The highest BCUT2D eigenvalue weighted by molar-refractivity contribution is 5.76. The first-order chi connectivity index (χ1) is 5.97. The fourth-order valence-electron chi connectivity index (χ4n) is 0.982. The molecule has 0 heterocycles. The summed E-state index contributed by atoms with van der Waals surface area (Å²) >= 11 is 0. The van der Waals surface area contributed by atoms with Gasteiger partial charge in [0, 0.05) is 6.54 Å². The Kier molecular flexibility index (Phi) is 5.41. The number of rotatable bonds is 4. The van der Waals surface area contributed by atoms with Crippen LogP contribution in [0.25, 0.3) is 0 Å². The van der Waals surface area contributed by atoms with E-state index in [9.17, 15) is 0 Å². The van der Waals surface area contributed by atoms with Gasteiger partial charge in [-0.1, -0.05) is 13.8 Å². The highest BCUT2D eigenvalue weighted by Gasteiger charge is 2.13. The Balaban J connectivity index is 4.26. The molecule has 0 aromatic heterocycles. The molecule has 0 bridgehead atoms. The van der Waals surface area contributed by atoms with Gasteiger partial charge >= 0.3 is 0 Å². The zero-order chi connectivity index (χ0) is 10.4. The van der Waals surface area contributed by atoms with Crippen molar-refractivity contribution in [3.05, 3.63) is 0 Å². The van der Waals surface area contributed by atoms with Crippen LogP contribution in [0, 0.1) is 5.92 Å². The van der Waals surface area contributed by atoms with Crippen LogP contribution in [-0.4, -0.2) is 42.7 Å². The van der Waals surface area contributed by atoms with Crippen molar-refractivity contribution in [3.8, 4) is 0 Å². The van der Waals surface area contributed by atoms with E-state index in [-0.39, 0.29) is 12.0 Å². The summed E-state index contributed by atoms with van der Waals surface area (Å²) in [7, 11) is 3.96. The topological polar surface area (TPSA) is 73.9 Å². The van der Waals surface area contributed by atoms with Gasteiger partial charge in [0.1, 0.15) is 0 Å². The number of hydrogen-bond acceptors (Lipinski definition) is 3. The van der Waals surface area contributed by atoms with Crippen LogP contribution < -0.4 is 11.2 Å². The van der Waals surface area contributed by atoms with Crippen LogP contribution >= 0.6 is 0 Å². The molecule has 1 atom stereocenters. The average Bonchev–Trinajstić information content (AvgIpc) is 2.02. The first-order valence-electron chi connectivity index (χ1n) is 4.35. The van der Waals surface area contributed by atoms with Gasteiger partial charge in [0.15, 0.2) is 0 Å². The zero-order valence-corrected chi connectivity index (χ0v) is 8.78. The normalized spacial score (nSPS) is 15.2. The Morgan fingerprint density at radius 3 is 2.38 bits per heavy atom. The quantitative estimate of drug-likeness (QED) is 0.326. The molecule has 0 aliphatic rings. The lowest BCUT2D eigenvalue weighted by molar-refractivity contribution is 0.230. The molecule has 0 aliphatic carbocycles. The molecule has 0 saturated heterocycles. The van der Waals surface area contributed by atoms with Crippen LogP contribution in [0.15, 0.2) is 4.99 Å². The molecule has 0 amide bonds. The Hall–Kier alpha value is -0.810. The molecule has 0 aliphatic heterocycles. The maximum atomic E-state index is 8.48. The van der Waals surface area contributed by atoms with Crippen LogP contribution in [0.3, 0.4) is 0 Å². The summed E-state index contributed by atoms with van der Waals surface area (Å²) in [5.41, 5.74) is 7.19. The minimum atomic E-state index is 0.0700. The van der Waals surface area contributed by atoms with Gasteiger partial charge in [-0.15, -0.1) is 0 Å². The molecule has 0 rings (SSSR count). The van der Waals surface area contributed by atoms with Gasteiger partial charge in [0.2, 0.25) is 5.96 Å². The second-order valence-electron chi connectivity index (χ2n) is 3.70. The SMILES string of the molecule is CC(C)C(CN(C)C)N=C(N)NO. The van der Waals surface area contributed by atoms with E-state index in [1.807, 2.05) is 24.5 Å². The maximum absolute atomic E-state index is 8.48. The molecular formula is C8H20N4O. The summed E-state index contributed by atoms with van der Waals surface area (Å²) < 4.78 is 0. The third-order valence-corrected chi connectivity index (χ3v) is 1.74. The van der Waals surface area contributed by atoms with Gasteiger partial charge in [-0.25, -0.2) is 10.5 Å². The first-order valence-corrected chi connectivity index (χ1v) is 4.35. The standard InChI is InChI=1S/C8H20N4O/c1-6(2)7(5-12(3)4)10-8(9)11-13/h6-7,13H,5H2,1-4H3,(H3,9,10,11). The summed E-state index contributed by atoms with van der Waals surface area (Å²) in [5.74, 6) is 0.467. The van der Waals surface area contributed by atoms with E-state index in [1.54, 1.807) is 0 Å². The molecule has 78 valence electrons. The largest absolute Gasteiger partial charge is 0.368 e. The van der Waals surface area contributed by atoms with Crippen molar-refractivity contribution < 1.29 is 5.21 Å². The van der Waals surface area contributed by atoms with Crippen molar-refractivity contribution in [3.63, 3.8) is 0 Å². The number of hydrogen-bond donors (Lipinski definition) is 3. The molecule has 0 spiro atoms. The molecule has 5 heteroatoms. The van der Waals surface area contributed by atoms with Gasteiger partial charge in [-0.3, -0.25) is 5.21 Å². The lowest BCUT2D eigenvalue weighted by Gasteiger charge is -2.20. The molecule has 5 nitrogen and oxygen atoms in total. The lowest BCUT2D eigenvalue weighted by Crippen LogP contribution is -2.35. The minimum Gasteiger partial charge on any atom is -0.368 e. The minimum absolute atomic E-state index is 0.0700. The number of nitrogens with two attached hydrogens (primary N) is 1. The lowest BCUT2D eigenvalue weighted by atomic mass is 10.1. The number of hydroxylamine groups is 1. The van der Waals surface area contributed by atoms with E-state index in [2.05, 4.69) is 18.8 Å². The smallest absolute Gasteiger partial charge is 0.213 e. The number of nitrogens with one attached hydrogen (secondary N) is 1. The van der Waals surface area contributed by atoms with Gasteiger partial charge in [-0.05, 0) is 20.0 Å². The zero-order valence-electron chi connectivity index (χ0n) is 8.78. The van der Waals surface area contributed by atoms with Crippen molar-refractivity contribution in [2.75, 3.05) is 20.6 Å². The third-order valence-electron chi connectivity index (χ3n) is 1.74. The van der Waals surface area contributed by atoms with Gasteiger partial charge < -0.3 is 10.6 Å². The highest BCUT2D eigenvalue weighted by Crippen LogP contribution is 2.06. The van der Waals surface area contributed by atoms with Crippen LogP contribution in [0.2, 0.25) is 0 Å². The van der Waals surface area contributed by atoms with E-state index in [0.29, 0.717) is 5.92 Å². The van der Waals surface area contributed by atoms with Crippen molar-refractivity contribution in [1.82, 2.24) is 10.4 Å². The molecule has 0 radical (unpaired) electrons. The summed E-state index contributed by atoms with van der Waals surface area (Å²) in [4.78, 5) is 6.17. The number of likely N-dealkylation sites (N-methyl/N-ethyl adjacent to an activating group) is 1. The summed E-state index contributed by atoms with van der Waals surface area (Å²) in [6.45, 7) is 4.96.